The molecule has 0 bridgehead atoms. The zero-order chi connectivity index (χ0) is 39.6. The van der Waals surface area contributed by atoms with Gasteiger partial charge < -0.3 is 19.5 Å². The van der Waals surface area contributed by atoms with Gasteiger partial charge in [-0.15, -0.1) is 0 Å². The SMILES string of the molecule is CCCCCCCCC(CCCCCC)OC(=O)CCCCCCCN(CCO)CCCCCCCC(=O)OCCC(CCCCCC)CCCCCC. The molecule has 0 aromatic rings. The second kappa shape index (κ2) is 43.0. The molecule has 322 valence electrons. The summed E-state index contributed by atoms with van der Waals surface area (Å²) in [6.45, 7) is 12.7. The third kappa shape index (κ3) is 37.8. The number of aliphatic hydroxyl groups is 1. The Labute approximate surface area is 337 Å². The summed E-state index contributed by atoms with van der Waals surface area (Å²) in [4.78, 5) is 27.4. The van der Waals surface area contributed by atoms with Crippen LogP contribution in [0.3, 0.4) is 0 Å². The number of esters is 2. The third-order valence-corrected chi connectivity index (χ3v) is 11.4. The van der Waals surface area contributed by atoms with Crippen LogP contribution in [0.15, 0.2) is 0 Å². The lowest BCUT2D eigenvalue weighted by molar-refractivity contribution is -0.150. The average Bonchev–Trinajstić information content (AvgIpc) is 3.16. The first-order valence-electron chi connectivity index (χ1n) is 24.2. The molecule has 6 heteroatoms. The second-order valence-electron chi connectivity index (χ2n) is 16.7. The lowest BCUT2D eigenvalue weighted by atomic mass is 9.92. The Balaban J connectivity index is 4.04. The Hall–Kier alpha value is -1.14. The van der Waals surface area contributed by atoms with Crippen molar-refractivity contribution in [2.24, 2.45) is 5.92 Å². The molecule has 0 amide bonds. The Morgan fingerprint density at radius 2 is 0.833 bits per heavy atom. The predicted molar refractivity (Wildman–Crippen MR) is 232 cm³/mol. The summed E-state index contributed by atoms with van der Waals surface area (Å²) in [5, 5.41) is 9.59. The van der Waals surface area contributed by atoms with E-state index in [4.69, 9.17) is 9.47 Å². The van der Waals surface area contributed by atoms with Crippen LogP contribution in [0.1, 0.15) is 252 Å². The van der Waals surface area contributed by atoms with Crippen LogP contribution in [-0.2, 0) is 19.1 Å². The van der Waals surface area contributed by atoms with Gasteiger partial charge in [-0.1, -0.05) is 182 Å². The number of nitrogens with zero attached hydrogens (tertiary/aromatic N) is 1. The van der Waals surface area contributed by atoms with E-state index in [1.165, 1.54) is 141 Å². The molecule has 0 fully saturated rings. The number of ether oxygens (including phenoxy) is 2. The number of rotatable bonds is 44. The fourth-order valence-corrected chi connectivity index (χ4v) is 7.77. The molecule has 0 aromatic heterocycles. The second-order valence-corrected chi connectivity index (χ2v) is 16.7. The first-order chi connectivity index (χ1) is 26.5. The van der Waals surface area contributed by atoms with Gasteiger partial charge in [-0.2, -0.15) is 0 Å². The minimum atomic E-state index is -0.0135. The van der Waals surface area contributed by atoms with E-state index in [0.717, 1.165) is 90.3 Å². The first-order valence-corrected chi connectivity index (χ1v) is 24.2. The van der Waals surface area contributed by atoms with Crippen molar-refractivity contribution in [3.05, 3.63) is 0 Å². The van der Waals surface area contributed by atoms with E-state index >= 15 is 0 Å². The quantitative estimate of drug-likeness (QED) is 0.0492. The summed E-state index contributed by atoms with van der Waals surface area (Å²) in [6, 6.07) is 0. The highest BCUT2D eigenvalue weighted by Crippen LogP contribution is 2.22. The molecule has 0 spiro atoms. The number of aliphatic hydroxyl groups excluding tert-OH is 1. The molecule has 0 aliphatic heterocycles. The molecule has 54 heavy (non-hydrogen) atoms. The molecular weight excluding hydrogens is 671 g/mol. The maximum absolute atomic E-state index is 12.6. The molecule has 1 N–H and O–H groups in total. The molecule has 0 saturated carbocycles. The van der Waals surface area contributed by atoms with E-state index in [9.17, 15) is 14.7 Å². The molecule has 6 nitrogen and oxygen atoms in total. The molecule has 0 heterocycles. The summed E-state index contributed by atoms with van der Waals surface area (Å²) in [5.74, 6) is 0.706. The van der Waals surface area contributed by atoms with Gasteiger partial charge in [0.05, 0.1) is 13.2 Å². The summed E-state index contributed by atoms with van der Waals surface area (Å²) in [5.41, 5.74) is 0. The predicted octanol–water partition coefficient (Wildman–Crippen LogP) is 14.1. The van der Waals surface area contributed by atoms with Crippen molar-refractivity contribution in [2.45, 2.75) is 259 Å². The van der Waals surface area contributed by atoms with Crippen molar-refractivity contribution < 1.29 is 24.2 Å². The zero-order valence-corrected chi connectivity index (χ0v) is 37.0. The summed E-state index contributed by atoms with van der Waals surface area (Å²) < 4.78 is 11.6. The molecule has 0 aliphatic rings. The van der Waals surface area contributed by atoms with Gasteiger partial charge >= 0.3 is 11.9 Å². The van der Waals surface area contributed by atoms with E-state index in [1.807, 2.05) is 0 Å². The van der Waals surface area contributed by atoms with Gasteiger partial charge in [-0.05, 0) is 76.8 Å². The van der Waals surface area contributed by atoms with Crippen molar-refractivity contribution >= 4 is 11.9 Å². The van der Waals surface area contributed by atoms with Crippen molar-refractivity contribution in [3.63, 3.8) is 0 Å². The average molecular weight is 766 g/mol. The van der Waals surface area contributed by atoms with Crippen LogP contribution < -0.4 is 0 Å². The van der Waals surface area contributed by atoms with Gasteiger partial charge in [0, 0.05) is 19.4 Å². The van der Waals surface area contributed by atoms with Gasteiger partial charge in [0.1, 0.15) is 6.10 Å². The summed E-state index contributed by atoms with van der Waals surface area (Å²) in [7, 11) is 0. The molecule has 0 rings (SSSR count). The highest BCUT2D eigenvalue weighted by atomic mass is 16.5. The zero-order valence-electron chi connectivity index (χ0n) is 37.0. The number of carbonyl (C=O) groups excluding carboxylic acids is 2. The van der Waals surface area contributed by atoms with Crippen LogP contribution in [0.25, 0.3) is 0 Å². The number of hydrogen-bond acceptors (Lipinski definition) is 6. The Morgan fingerprint density at radius 3 is 1.31 bits per heavy atom. The van der Waals surface area contributed by atoms with E-state index in [2.05, 4.69) is 32.6 Å². The van der Waals surface area contributed by atoms with Crippen LogP contribution in [0.4, 0.5) is 0 Å². The molecule has 1 unspecified atom stereocenters. The largest absolute Gasteiger partial charge is 0.466 e. The number of hydrogen-bond donors (Lipinski definition) is 1. The minimum Gasteiger partial charge on any atom is -0.466 e. The minimum absolute atomic E-state index is 0.0100. The fraction of sp³-hybridized carbons (Fsp3) is 0.958. The van der Waals surface area contributed by atoms with Gasteiger partial charge in [-0.25, -0.2) is 0 Å². The molecule has 0 aromatic carbocycles. The Kier molecular flexibility index (Phi) is 42.1. The van der Waals surface area contributed by atoms with Gasteiger partial charge in [0.2, 0.25) is 0 Å². The van der Waals surface area contributed by atoms with Gasteiger partial charge in [-0.3, -0.25) is 9.59 Å². The highest BCUT2D eigenvalue weighted by Gasteiger charge is 2.15. The van der Waals surface area contributed by atoms with Crippen molar-refractivity contribution in [2.75, 3.05) is 32.8 Å². The van der Waals surface area contributed by atoms with Crippen LogP contribution in [0.2, 0.25) is 0 Å². The standard InChI is InChI=1S/C48H95NO5/c1-5-9-13-17-20-28-36-46(35-27-16-12-8-4)54-48(52)38-30-22-19-24-32-41-49(42-43-50)40-31-23-18-21-29-37-47(51)53-44-39-45(33-25-14-10-6-2)34-26-15-11-7-3/h45-46,50H,5-44H2,1-4H3. The van der Waals surface area contributed by atoms with Crippen molar-refractivity contribution in [1.82, 2.24) is 4.90 Å². The fourth-order valence-electron chi connectivity index (χ4n) is 7.77. The molecule has 1 atom stereocenters. The van der Waals surface area contributed by atoms with E-state index in [1.54, 1.807) is 0 Å². The van der Waals surface area contributed by atoms with E-state index in [0.29, 0.717) is 25.4 Å². The Morgan fingerprint density at radius 1 is 0.444 bits per heavy atom. The van der Waals surface area contributed by atoms with E-state index < -0.39 is 0 Å². The summed E-state index contributed by atoms with van der Waals surface area (Å²) >= 11 is 0. The molecular formula is C48H95NO5. The molecule has 0 radical (unpaired) electrons. The van der Waals surface area contributed by atoms with Crippen molar-refractivity contribution in [1.29, 1.82) is 0 Å². The van der Waals surface area contributed by atoms with Gasteiger partial charge in [0.25, 0.3) is 0 Å². The smallest absolute Gasteiger partial charge is 0.306 e. The monoisotopic (exact) mass is 766 g/mol. The molecule has 0 aliphatic carbocycles. The normalized spacial score (nSPS) is 12.2. The molecule has 0 saturated heterocycles. The van der Waals surface area contributed by atoms with E-state index in [-0.39, 0.29) is 24.6 Å². The maximum Gasteiger partial charge on any atom is 0.306 e. The van der Waals surface area contributed by atoms with Crippen LogP contribution in [-0.4, -0.2) is 60.9 Å². The van der Waals surface area contributed by atoms with Crippen LogP contribution in [0, 0.1) is 5.92 Å². The lowest BCUT2D eigenvalue weighted by Gasteiger charge is -2.21. The van der Waals surface area contributed by atoms with Crippen LogP contribution >= 0.6 is 0 Å². The lowest BCUT2D eigenvalue weighted by Crippen LogP contribution is -2.29. The number of carbonyl (C=O) groups is 2. The third-order valence-electron chi connectivity index (χ3n) is 11.4. The first kappa shape index (κ1) is 52.9. The summed E-state index contributed by atoms with van der Waals surface area (Å²) in [6.07, 6.45) is 41.0. The van der Waals surface area contributed by atoms with Crippen LogP contribution in [0.5, 0.6) is 0 Å². The topological polar surface area (TPSA) is 76.1 Å². The van der Waals surface area contributed by atoms with Crippen molar-refractivity contribution in [3.8, 4) is 0 Å². The van der Waals surface area contributed by atoms with Gasteiger partial charge in [0.15, 0.2) is 0 Å². The Bertz CT molecular complexity index is 764. The highest BCUT2D eigenvalue weighted by molar-refractivity contribution is 5.69. The maximum atomic E-state index is 12.6. The number of unbranched alkanes of at least 4 members (excludes halogenated alkanes) is 22.